The number of fused-ring (bicyclic) bond motifs is 15. The maximum atomic E-state index is 2.70. The molecule has 0 radical (unpaired) electrons. The summed E-state index contributed by atoms with van der Waals surface area (Å²) in [6, 6.07) is 91.1. The van der Waals surface area contributed by atoms with Gasteiger partial charge in [-0.05, 0) is 128 Å². The van der Waals surface area contributed by atoms with Crippen LogP contribution in [-0.4, -0.2) is 4.57 Å². The van der Waals surface area contributed by atoms with E-state index in [1.807, 2.05) is 0 Å². The van der Waals surface area contributed by atoms with E-state index in [1.165, 1.54) is 122 Å². The highest BCUT2D eigenvalue weighted by atomic mass is 15.2. The van der Waals surface area contributed by atoms with Crippen LogP contribution in [0.15, 0.2) is 260 Å². The second kappa shape index (κ2) is 15.4. The van der Waals surface area contributed by atoms with Crippen molar-refractivity contribution in [3.8, 4) is 39.1 Å². The van der Waals surface area contributed by atoms with Gasteiger partial charge in [-0.2, -0.15) is 0 Å². The third-order valence-corrected chi connectivity index (χ3v) is 16.9. The Kier molecular flexibility index (Phi) is 8.78. The van der Waals surface area contributed by atoms with Crippen molar-refractivity contribution in [2.75, 3.05) is 4.90 Å². The van der Waals surface area contributed by atoms with Crippen LogP contribution in [0.4, 0.5) is 11.4 Å². The van der Waals surface area contributed by atoms with Gasteiger partial charge in [-0.15, -0.1) is 0 Å². The fraction of sp³-hybridized carbons (Fsp3) is 0.0857. The fourth-order valence-corrected chi connectivity index (χ4v) is 14.1. The summed E-state index contributed by atoms with van der Waals surface area (Å²) in [4.78, 5) is 2.70. The Labute approximate surface area is 421 Å². The normalized spacial score (nSPS) is 17.6. The second-order valence-corrected chi connectivity index (χ2v) is 20.4. The molecule has 1 spiro atoms. The van der Waals surface area contributed by atoms with E-state index >= 15 is 0 Å². The van der Waals surface area contributed by atoms with E-state index in [0.717, 1.165) is 12.1 Å². The molecule has 2 atom stereocenters. The van der Waals surface area contributed by atoms with Crippen molar-refractivity contribution in [1.29, 1.82) is 0 Å². The molecule has 0 saturated heterocycles. The Morgan fingerprint density at radius 2 is 0.972 bits per heavy atom. The summed E-state index contributed by atoms with van der Waals surface area (Å²) in [6.07, 6.45) is 3.50. The zero-order valence-electron chi connectivity index (χ0n) is 40.4. The molecule has 11 aromatic rings. The average Bonchev–Trinajstić information content (AvgIpc) is 4.14. The lowest BCUT2D eigenvalue weighted by atomic mass is 9.68. The molecule has 10 aromatic carbocycles. The van der Waals surface area contributed by atoms with Gasteiger partial charge in [-0.1, -0.05) is 219 Å². The van der Waals surface area contributed by atoms with Gasteiger partial charge in [-0.25, -0.2) is 0 Å². The van der Waals surface area contributed by atoms with Crippen LogP contribution in [0.25, 0.3) is 66.4 Å². The lowest BCUT2D eigenvalue weighted by Crippen LogP contribution is -2.29. The third-order valence-electron chi connectivity index (χ3n) is 16.9. The summed E-state index contributed by atoms with van der Waals surface area (Å²) in [5.41, 5.74) is 26.1. The smallest absolute Gasteiger partial charge is 0.0726 e. The zero-order chi connectivity index (χ0) is 47.7. The molecule has 72 heavy (non-hydrogen) atoms. The predicted molar refractivity (Wildman–Crippen MR) is 299 cm³/mol. The molecule has 0 fully saturated rings. The number of rotatable bonds is 6. The molecule has 2 heteroatoms. The second-order valence-electron chi connectivity index (χ2n) is 20.4. The first-order chi connectivity index (χ1) is 35.6. The number of anilines is 2. The van der Waals surface area contributed by atoms with Gasteiger partial charge < -0.3 is 9.47 Å². The molecule has 1 aromatic heterocycles. The van der Waals surface area contributed by atoms with Gasteiger partial charge in [-0.3, -0.25) is 0 Å². The number of nitrogens with zero attached hydrogens (tertiary/aromatic N) is 2. The molecule has 0 saturated carbocycles. The molecule has 0 amide bonds. The van der Waals surface area contributed by atoms with Gasteiger partial charge in [0.25, 0.3) is 0 Å². The molecule has 1 heterocycles. The molecule has 0 N–H and O–H groups in total. The summed E-state index contributed by atoms with van der Waals surface area (Å²) in [5.74, 6) is 0.316. The van der Waals surface area contributed by atoms with Gasteiger partial charge in [0, 0.05) is 33.0 Å². The molecule has 1 unspecified atom stereocenters. The van der Waals surface area contributed by atoms with Gasteiger partial charge >= 0.3 is 0 Å². The van der Waals surface area contributed by atoms with Crippen LogP contribution in [-0.2, 0) is 10.8 Å². The summed E-state index contributed by atoms with van der Waals surface area (Å²) >= 11 is 0. The summed E-state index contributed by atoms with van der Waals surface area (Å²) in [5, 5.41) is 2.46. The maximum Gasteiger partial charge on any atom is 0.0726 e. The SMILES string of the molecule is CC1CC=C(N(c2cccc3c2-c2ccccc2C32c3ccccc3-c3ccccc32)c2cccc3c2c2ccccc2n3-c2ccc(-c3ccccc3)cc2)C2=C1[C@@](C)(c1ccccc1)c1ccccc12. The van der Waals surface area contributed by atoms with Crippen LogP contribution in [0.5, 0.6) is 0 Å². The number of allylic oxidation sites excluding steroid dienone is 3. The van der Waals surface area contributed by atoms with Crippen molar-refractivity contribution in [3.63, 3.8) is 0 Å². The van der Waals surface area contributed by atoms with Crippen LogP contribution >= 0.6 is 0 Å². The van der Waals surface area contributed by atoms with E-state index in [0.29, 0.717) is 5.92 Å². The third kappa shape index (κ3) is 5.39. The van der Waals surface area contributed by atoms with Crippen LogP contribution in [0, 0.1) is 5.92 Å². The summed E-state index contributed by atoms with van der Waals surface area (Å²) in [6.45, 7) is 4.94. The Hall–Kier alpha value is -8.72. The van der Waals surface area contributed by atoms with Crippen molar-refractivity contribution in [3.05, 3.63) is 299 Å². The monoisotopic (exact) mass is 918 g/mol. The molecule has 15 rings (SSSR count). The minimum absolute atomic E-state index is 0.316. The lowest BCUT2D eigenvalue weighted by molar-refractivity contribution is 0.556. The van der Waals surface area contributed by atoms with Crippen LogP contribution in [0.3, 0.4) is 0 Å². The standard InChI is InChI=1S/C70H50N2/c1-45-39-44-64(67-52-27-11-14-30-55(52)69(2,68(45)67)48-23-7-4-8-24-48)72(63-38-20-37-62-66(63)54-29-13-18-35-60(54)71(62)49-42-40-47(41-43-49)46-21-5-3-6-22-46)61-36-19-34-59-65(61)53-28-12-17-33-58(53)70(59)56-31-15-9-25-50(56)51-26-10-16-32-57(51)70/h3-38,40-45H,39H2,1-2H3/t45?,69-/m0/s1. The van der Waals surface area contributed by atoms with Crippen molar-refractivity contribution in [2.24, 2.45) is 5.92 Å². The molecule has 4 aliphatic carbocycles. The van der Waals surface area contributed by atoms with Crippen molar-refractivity contribution >= 4 is 38.8 Å². The van der Waals surface area contributed by atoms with E-state index in [2.05, 4.69) is 272 Å². The first-order valence-corrected chi connectivity index (χ1v) is 25.6. The average molecular weight is 919 g/mol. The maximum absolute atomic E-state index is 2.70. The number of hydrogen-bond donors (Lipinski definition) is 0. The molecule has 0 aliphatic heterocycles. The molecular formula is C70H50N2. The Morgan fingerprint density at radius 1 is 0.444 bits per heavy atom. The van der Waals surface area contributed by atoms with E-state index in [1.54, 1.807) is 0 Å². The molecule has 340 valence electrons. The molecule has 4 aliphatic rings. The molecule has 2 nitrogen and oxygen atoms in total. The van der Waals surface area contributed by atoms with Crippen LogP contribution in [0.1, 0.15) is 59.2 Å². The summed E-state index contributed by atoms with van der Waals surface area (Å²) in [7, 11) is 0. The first-order valence-electron chi connectivity index (χ1n) is 25.6. The predicted octanol–water partition coefficient (Wildman–Crippen LogP) is 17.6. The largest absolute Gasteiger partial charge is 0.309 e. The van der Waals surface area contributed by atoms with Crippen LogP contribution in [0.2, 0.25) is 0 Å². The number of aromatic nitrogens is 1. The van der Waals surface area contributed by atoms with Gasteiger partial charge in [0.15, 0.2) is 0 Å². The Morgan fingerprint density at radius 3 is 1.69 bits per heavy atom. The first kappa shape index (κ1) is 41.1. The van der Waals surface area contributed by atoms with Crippen molar-refractivity contribution in [2.45, 2.75) is 31.1 Å². The Balaban J connectivity index is 1.05. The molecule has 0 bridgehead atoms. The Bertz CT molecular complexity index is 4050. The minimum atomic E-state index is -0.486. The highest BCUT2D eigenvalue weighted by Crippen LogP contribution is 2.66. The van der Waals surface area contributed by atoms with Crippen molar-refractivity contribution < 1.29 is 0 Å². The molecular weight excluding hydrogens is 869 g/mol. The van der Waals surface area contributed by atoms with E-state index < -0.39 is 5.41 Å². The fourth-order valence-electron chi connectivity index (χ4n) is 14.1. The zero-order valence-corrected chi connectivity index (χ0v) is 40.4. The van der Waals surface area contributed by atoms with Crippen molar-refractivity contribution in [1.82, 2.24) is 4.57 Å². The van der Waals surface area contributed by atoms with Gasteiger partial charge in [0.2, 0.25) is 0 Å². The minimum Gasteiger partial charge on any atom is -0.309 e. The number of benzene rings is 10. The van der Waals surface area contributed by atoms with Crippen LogP contribution < -0.4 is 4.90 Å². The highest BCUT2D eigenvalue weighted by molar-refractivity contribution is 6.18. The lowest BCUT2D eigenvalue weighted by Gasteiger charge is -2.38. The number of para-hydroxylation sites is 1. The van der Waals surface area contributed by atoms with Gasteiger partial charge in [0.05, 0.1) is 33.5 Å². The quantitative estimate of drug-likeness (QED) is 0.161. The van der Waals surface area contributed by atoms with E-state index in [-0.39, 0.29) is 5.41 Å². The highest BCUT2D eigenvalue weighted by Gasteiger charge is 2.53. The van der Waals surface area contributed by atoms with Gasteiger partial charge in [0.1, 0.15) is 0 Å². The number of hydrogen-bond acceptors (Lipinski definition) is 1. The summed E-state index contributed by atoms with van der Waals surface area (Å²) < 4.78 is 2.48. The van der Waals surface area contributed by atoms with E-state index in [9.17, 15) is 0 Å². The van der Waals surface area contributed by atoms with E-state index in [4.69, 9.17) is 0 Å². The topological polar surface area (TPSA) is 8.17 Å².